The van der Waals surface area contributed by atoms with Gasteiger partial charge in [0.25, 0.3) is 5.56 Å². The van der Waals surface area contributed by atoms with Crippen molar-refractivity contribution in [2.75, 3.05) is 6.26 Å². The molecule has 10 heteroatoms. The number of nitrogens with zero attached hydrogens (tertiary/aromatic N) is 2. The van der Waals surface area contributed by atoms with E-state index in [-0.39, 0.29) is 21.4 Å². The number of aromatic carboxylic acids is 1. The van der Waals surface area contributed by atoms with Crippen LogP contribution in [0.1, 0.15) is 10.4 Å². The number of rotatable bonds is 5. The van der Waals surface area contributed by atoms with E-state index >= 15 is 0 Å². The Bertz CT molecular complexity index is 1200. The van der Waals surface area contributed by atoms with E-state index in [9.17, 15) is 23.1 Å². The number of carboxylic acid groups (broad SMARTS) is 1. The Morgan fingerprint density at radius 3 is 2.21 bits per heavy atom. The molecule has 0 radical (unpaired) electrons. The lowest BCUT2D eigenvalue weighted by molar-refractivity contribution is 0.0689. The number of aromatic nitrogens is 2. The number of nitrogens with two attached hydrogens (primary N) is 1. The molecule has 28 heavy (non-hydrogen) atoms. The van der Waals surface area contributed by atoms with Crippen LogP contribution in [-0.2, 0) is 10.0 Å². The topological polar surface area (TPSA) is 132 Å². The van der Waals surface area contributed by atoms with Gasteiger partial charge in [0.05, 0.1) is 10.6 Å². The van der Waals surface area contributed by atoms with Gasteiger partial charge < -0.3 is 5.11 Å². The Morgan fingerprint density at radius 2 is 1.71 bits per heavy atom. The van der Waals surface area contributed by atoms with Crippen molar-refractivity contribution in [3.8, 4) is 17.1 Å². The van der Waals surface area contributed by atoms with Crippen LogP contribution in [0.3, 0.4) is 0 Å². The van der Waals surface area contributed by atoms with Crippen LogP contribution in [0.5, 0.6) is 0 Å². The molecule has 0 atom stereocenters. The Hall–Kier alpha value is -2.95. The highest BCUT2D eigenvalue weighted by atomic mass is 32.2. The first-order chi connectivity index (χ1) is 13.2. The first-order valence-corrected chi connectivity index (χ1v) is 10.6. The lowest BCUT2D eigenvalue weighted by Crippen LogP contribution is -2.29. The SMILES string of the molecule is CSc1nc(-c2ccccc2)n(-c2ccc(S(N)(=O)=O)cc2)c(=O)c1C(=O)O. The fraction of sp³-hybridized carbons (Fsp3) is 0.0556. The summed E-state index contributed by atoms with van der Waals surface area (Å²) in [7, 11) is -3.91. The first kappa shape index (κ1) is 19.8. The molecule has 0 saturated carbocycles. The van der Waals surface area contributed by atoms with E-state index in [0.717, 1.165) is 16.3 Å². The molecule has 3 aromatic rings. The second kappa shape index (κ2) is 7.58. The Kier molecular flexibility index (Phi) is 5.36. The molecule has 0 aliphatic rings. The van der Waals surface area contributed by atoms with Gasteiger partial charge in [-0.25, -0.2) is 23.3 Å². The molecule has 0 aliphatic heterocycles. The highest BCUT2D eigenvalue weighted by molar-refractivity contribution is 7.98. The van der Waals surface area contributed by atoms with Crippen molar-refractivity contribution in [3.63, 3.8) is 0 Å². The highest BCUT2D eigenvalue weighted by Gasteiger charge is 2.23. The maximum absolute atomic E-state index is 13.1. The fourth-order valence-electron chi connectivity index (χ4n) is 2.64. The van der Waals surface area contributed by atoms with Gasteiger partial charge in [0.2, 0.25) is 10.0 Å². The summed E-state index contributed by atoms with van der Waals surface area (Å²) in [6.07, 6.45) is 1.63. The Morgan fingerprint density at radius 1 is 1.11 bits per heavy atom. The largest absolute Gasteiger partial charge is 0.477 e. The van der Waals surface area contributed by atoms with Crippen molar-refractivity contribution in [2.45, 2.75) is 9.92 Å². The van der Waals surface area contributed by atoms with Crippen LogP contribution in [0, 0.1) is 0 Å². The average Bonchev–Trinajstić information content (AvgIpc) is 2.67. The molecule has 2 aromatic carbocycles. The number of carbonyl (C=O) groups is 1. The normalized spacial score (nSPS) is 11.4. The van der Waals surface area contributed by atoms with Crippen LogP contribution >= 0.6 is 11.8 Å². The van der Waals surface area contributed by atoms with Gasteiger partial charge in [-0.3, -0.25) is 9.36 Å². The third-order valence-corrected chi connectivity index (χ3v) is 5.52. The van der Waals surface area contributed by atoms with Crippen LogP contribution in [0.15, 0.2) is 69.3 Å². The summed E-state index contributed by atoms with van der Waals surface area (Å²) >= 11 is 1.06. The van der Waals surface area contributed by atoms with Crippen molar-refractivity contribution in [2.24, 2.45) is 5.14 Å². The van der Waals surface area contributed by atoms with Gasteiger partial charge in [-0.1, -0.05) is 30.3 Å². The quantitative estimate of drug-likeness (QED) is 0.479. The van der Waals surface area contributed by atoms with Crippen LogP contribution < -0.4 is 10.7 Å². The molecule has 3 rings (SSSR count). The van der Waals surface area contributed by atoms with Crippen LogP contribution in [0.2, 0.25) is 0 Å². The molecule has 0 amide bonds. The first-order valence-electron chi connectivity index (χ1n) is 7.87. The summed E-state index contributed by atoms with van der Waals surface area (Å²) in [4.78, 5) is 29.0. The van der Waals surface area contributed by atoms with Gasteiger partial charge in [0.15, 0.2) is 5.56 Å². The molecule has 0 spiro atoms. The summed E-state index contributed by atoms with van der Waals surface area (Å²) in [5, 5.41) is 14.7. The van der Waals surface area contributed by atoms with Crippen molar-refractivity contribution < 1.29 is 18.3 Å². The number of carboxylic acids is 1. The summed E-state index contributed by atoms with van der Waals surface area (Å²) < 4.78 is 24.1. The van der Waals surface area contributed by atoms with Gasteiger partial charge in [-0.05, 0) is 30.5 Å². The molecule has 0 fully saturated rings. The Balaban J connectivity index is 2.36. The van der Waals surface area contributed by atoms with E-state index in [1.807, 2.05) is 0 Å². The minimum atomic E-state index is -3.91. The van der Waals surface area contributed by atoms with Gasteiger partial charge in [-0.15, -0.1) is 11.8 Å². The smallest absolute Gasteiger partial charge is 0.344 e. The number of thioether (sulfide) groups is 1. The number of hydrogen-bond donors (Lipinski definition) is 2. The summed E-state index contributed by atoms with van der Waals surface area (Å²) in [6.45, 7) is 0. The molecular weight excluding hydrogens is 402 g/mol. The molecule has 0 aliphatic carbocycles. The Labute approximate surface area is 164 Å². The van der Waals surface area contributed by atoms with Crippen molar-refractivity contribution >= 4 is 27.8 Å². The van der Waals surface area contributed by atoms with Gasteiger partial charge in [0, 0.05) is 5.56 Å². The van der Waals surface area contributed by atoms with Crippen LogP contribution in [0.25, 0.3) is 17.1 Å². The maximum Gasteiger partial charge on any atom is 0.344 e. The molecular formula is C18H15N3O5S2. The number of sulfonamides is 1. The zero-order valence-corrected chi connectivity index (χ0v) is 16.2. The van der Waals surface area contributed by atoms with E-state index < -0.39 is 27.1 Å². The van der Waals surface area contributed by atoms with E-state index in [1.165, 1.54) is 24.3 Å². The van der Waals surface area contributed by atoms with Crippen molar-refractivity contribution in [1.82, 2.24) is 9.55 Å². The van der Waals surface area contributed by atoms with Gasteiger partial charge in [0.1, 0.15) is 10.9 Å². The third-order valence-electron chi connectivity index (χ3n) is 3.91. The minimum Gasteiger partial charge on any atom is -0.477 e. The van der Waals surface area contributed by atoms with E-state index in [1.54, 1.807) is 36.6 Å². The second-order valence-electron chi connectivity index (χ2n) is 5.67. The molecule has 1 aromatic heterocycles. The van der Waals surface area contributed by atoms with E-state index in [2.05, 4.69) is 4.98 Å². The monoisotopic (exact) mass is 417 g/mol. The fourth-order valence-corrected chi connectivity index (χ4v) is 3.71. The van der Waals surface area contributed by atoms with Crippen molar-refractivity contribution in [1.29, 1.82) is 0 Å². The zero-order valence-electron chi connectivity index (χ0n) is 14.6. The molecule has 3 N–H and O–H groups in total. The number of hydrogen-bond acceptors (Lipinski definition) is 6. The van der Waals surface area contributed by atoms with Crippen molar-refractivity contribution in [3.05, 3.63) is 70.5 Å². The standard InChI is InChI=1S/C18H15N3O5S2/c1-27-16-14(18(23)24)17(22)21(15(20-16)11-5-3-2-4-6-11)12-7-9-13(10-8-12)28(19,25)26/h2-10H,1H3,(H,23,24)(H2,19,25,26). The second-order valence-corrected chi connectivity index (χ2v) is 8.03. The molecule has 0 unspecified atom stereocenters. The lowest BCUT2D eigenvalue weighted by Gasteiger charge is -2.15. The summed E-state index contributed by atoms with van der Waals surface area (Å²) in [5.41, 5.74) is -0.363. The zero-order chi connectivity index (χ0) is 20.5. The summed E-state index contributed by atoms with van der Waals surface area (Å²) in [6, 6.07) is 14.0. The predicted octanol–water partition coefficient (Wildman–Crippen LogP) is 1.97. The van der Waals surface area contributed by atoms with E-state index in [0.29, 0.717) is 5.56 Å². The van der Waals surface area contributed by atoms with Crippen LogP contribution in [-0.4, -0.2) is 35.3 Å². The third kappa shape index (κ3) is 3.70. The van der Waals surface area contributed by atoms with E-state index in [4.69, 9.17) is 5.14 Å². The number of benzene rings is 2. The lowest BCUT2D eigenvalue weighted by atomic mass is 10.2. The molecule has 0 saturated heterocycles. The van der Waals surface area contributed by atoms with Gasteiger partial charge in [-0.2, -0.15) is 0 Å². The van der Waals surface area contributed by atoms with Crippen LogP contribution in [0.4, 0.5) is 0 Å². The number of primary sulfonamides is 1. The minimum absolute atomic E-state index is 0.0914. The highest BCUT2D eigenvalue weighted by Crippen LogP contribution is 2.25. The molecule has 8 nitrogen and oxygen atoms in total. The molecule has 1 heterocycles. The average molecular weight is 417 g/mol. The molecule has 0 bridgehead atoms. The summed E-state index contributed by atoms with van der Waals surface area (Å²) in [5.74, 6) is -1.15. The maximum atomic E-state index is 13.1. The predicted molar refractivity (Wildman–Crippen MR) is 105 cm³/mol. The van der Waals surface area contributed by atoms with Gasteiger partial charge >= 0.3 is 5.97 Å². The molecule has 144 valence electrons.